The third-order valence-corrected chi connectivity index (χ3v) is 4.07. The minimum absolute atomic E-state index is 0.471. The van der Waals surface area contributed by atoms with Gasteiger partial charge in [-0.2, -0.15) is 0 Å². The first-order valence-electron chi connectivity index (χ1n) is 7.37. The van der Waals surface area contributed by atoms with Crippen molar-refractivity contribution in [3.05, 3.63) is 12.4 Å². The summed E-state index contributed by atoms with van der Waals surface area (Å²) in [6.07, 6.45) is 8.37. The molecule has 1 fully saturated rings. The Morgan fingerprint density at radius 3 is 2.53 bits per heavy atom. The highest BCUT2D eigenvalue weighted by Crippen LogP contribution is 2.43. The third kappa shape index (κ3) is 3.82. The van der Waals surface area contributed by atoms with Crippen LogP contribution in [-0.2, 0) is 0 Å². The van der Waals surface area contributed by atoms with Crippen molar-refractivity contribution >= 4 is 11.6 Å². The lowest BCUT2D eigenvalue weighted by Crippen LogP contribution is -2.28. The highest BCUT2D eigenvalue weighted by molar-refractivity contribution is 5.46. The Morgan fingerprint density at radius 1 is 1.21 bits per heavy atom. The van der Waals surface area contributed by atoms with E-state index in [0.29, 0.717) is 5.41 Å². The van der Waals surface area contributed by atoms with Crippen LogP contribution in [0.25, 0.3) is 0 Å². The summed E-state index contributed by atoms with van der Waals surface area (Å²) in [5, 5.41) is 6.56. The van der Waals surface area contributed by atoms with E-state index < -0.39 is 0 Å². The number of hydrogen-bond acceptors (Lipinski definition) is 4. The van der Waals surface area contributed by atoms with Gasteiger partial charge in [0.05, 0.1) is 0 Å². The lowest BCUT2D eigenvalue weighted by molar-refractivity contribution is 0.252. The number of nitrogens with one attached hydrogen (secondary N) is 2. The largest absolute Gasteiger partial charge is 0.373 e. The van der Waals surface area contributed by atoms with E-state index in [0.717, 1.165) is 24.1 Å². The SMILES string of the molecule is CNc1cc(NCC2(CC(C)C)CCCC2)ncn1. The second-order valence-corrected chi connectivity index (χ2v) is 6.20. The number of anilines is 2. The van der Waals surface area contributed by atoms with Crippen LogP contribution in [0.5, 0.6) is 0 Å². The summed E-state index contributed by atoms with van der Waals surface area (Å²) in [4.78, 5) is 8.44. The van der Waals surface area contributed by atoms with E-state index in [-0.39, 0.29) is 0 Å². The summed E-state index contributed by atoms with van der Waals surface area (Å²) < 4.78 is 0. The molecule has 0 aromatic carbocycles. The molecule has 0 bridgehead atoms. The van der Waals surface area contributed by atoms with Gasteiger partial charge in [0.2, 0.25) is 0 Å². The van der Waals surface area contributed by atoms with E-state index in [1.165, 1.54) is 32.1 Å². The predicted molar refractivity (Wildman–Crippen MR) is 80.4 cm³/mol. The van der Waals surface area contributed by atoms with Crippen molar-refractivity contribution in [3.8, 4) is 0 Å². The molecule has 0 atom stereocenters. The Kier molecular flexibility index (Phi) is 4.61. The molecule has 1 saturated carbocycles. The molecule has 0 radical (unpaired) electrons. The Labute approximate surface area is 116 Å². The first-order valence-corrected chi connectivity index (χ1v) is 7.37. The van der Waals surface area contributed by atoms with E-state index >= 15 is 0 Å². The van der Waals surface area contributed by atoms with Crippen LogP contribution in [0.2, 0.25) is 0 Å². The molecule has 0 aliphatic heterocycles. The van der Waals surface area contributed by atoms with E-state index in [4.69, 9.17) is 0 Å². The molecule has 106 valence electrons. The fourth-order valence-electron chi connectivity index (χ4n) is 3.31. The monoisotopic (exact) mass is 262 g/mol. The Balaban J connectivity index is 1.98. The number of nitrogens with zero attached hydrogens (tertiary/aromatic N) is 2. The number of hydrogen-bond donors (Lipinski definition) is 2. The molecule has 0 unspecified atom stereocenters. The molecule has 2 rings (SSSR count). The molecule has 4 heteroatoms. The van der Waals surface area contributed by atoms with Gasteiger partial charge in [0.1, 0.15) is 18.0 Å². The average Bonchev–Trinajstić information content (AvgIpc) is 2.85. The molecule has 1 aromatic heterocycles. The fourth-order valence-corrected chi connectivity index (χ4v) is 3.31. The van der Waals surface area contributed by atoms with Crippen LogP contribution in [0, 0.1) is 11.3 Å². The zero-order chi connectivity index (χ0) is 13.7. The van der Waals surface area contributed by atoms with Gasteiger partial charge in [-0.15, -0.1) is 0 Å². The number of aromatic nitrogens is 2. The van der Waals surface area contributed by atoms with E-state index in [9.17, 15) is 0 Å². The molecule has 0 amide bonds. The second-order valence-electron chi connectivity index (χ2n) is 6.20. The summed E-state index contributed by atoms with van der Waals surface area (Å²) in [5.41, 5.74) is 0.471. The predicted octanol–water partition coefficient (Wildman–Crippen LogP) is 3.54. The van der Waals surface area contributed by atoms with Crippen molar-refractivity contribution in [3.63, 3.8) is 0 Å². The van der Waals surface area contributed by atoms with Crippen LogP contribution >= 0.6 is 0 Å². The minimum atomic E-state index is 0.471. The van der Waals surface area contributed by atoms with Gasteiger partial charge in [0.15, 0.2) is 0 Å². The van der Waals surface area contributed by atoms with Crippen LogP contribution in [0.4, 0.5) is 11.6 Å². The molecular formula is C15H26N4. The second kappa shape index (κ2) is 6.22. The first-order chi connectivity index (χ1) is 9.13. The molecule has 0 spiro atoms. The zero-order valence-electron chi connectivity index (χ0n) is 12.4. The van der Waals surface area contributed by atoms with Crippen LogP contribution in [-0.4, -0.2) is 23.6 Å². The van der Waals surface area contributed by atoms with Crippen molar-refractivity contribution in [2.75, 3.05) is 24.2 Å². The van der Waals surface area contributed by atoms with Crippen molar-refractivity contribution in [2.24, 2.45) is 11.3 Å². The van der Waals surface area contributed by atoms with Gasteiger partial charge in [0.25, 0.3) is 0 Å². The van der Waals surface area contributed by atoms with Gasteiger partial charge in [-0.05, 0) is 30.6 Å². The van der Waals surface area contributed by atoms with Crippen LogP contribution in [0.15, 0.2) is 12.4 Å². The summed E-state index contributed by atoms with van der Waals surface area (Å²) in [7, 11) is 1.88. The van der Waals surface area contributed by atoms with Crippen molar-refractivity contribution in [2.45, 2.75) is 46.0 Å². The van der Waals surface area contributed by atoms with E-state index in [2.05, 4.69) is 34.4 Å². The molecule has 19 heavy (non-hydrogen) atoms. The van der Waals surface area contributed by atoms with E-state index in [1.54, 1.807) is 6.33 Å². The van der Waals surface area contributed by atoms with Gasteiger partial charge in [-0.1, -0.05) is 26.7 Å². The van der Waals surface area contributed by atoms with Crippen LogP contribution in [0.1, 0.15) is 46.0 Å². The zero-order valence-corrected chi connectivity index (χ0v) is 12.4. The topological polar surface area (TPSA) is 49.8 Å². The smallest absolute Gasteiger partial charge is 0.131 e. The molecule has 1 aliphatic carbocycles. The molecule has 2 N–H and O–H groups in total. The molecular weight excluding hydrogens is 236 g/mol. The highest BCUT2D eigenvalue weighted by Gasteiger charge is 2.34. The Morgan fingerprint density at radius 2 is 1.89 bits per heavy atom. The van der Waals surface area contributed by atoms with Crippen molar-refractivity contribution in [1.29, 1.82) is 0 Å². The summed E-state index contributed by atoms with van der Waals surface area (Å²) in [5.74, 6) is 2.55. The van der Waals surface area contributed by atoms with Crippen LogP contribution in [0.3, 0.4) is 0 Å². The Hall–Kier alpha value is -1.32. The van der Waals surface area contributed by atoms with Gasteiger partial charge in [-0.3, -0.25) is 0 Å². The molecule has 0 saturated heterocycles. The quantitative estimate of drug-likeness (QED) is 0.823. The summed E-state index contributed by atoms with van der Waals surface area (Å²) in [6.45, 7) is 5.68. The summed E-state index contributed by atoms with van der Waals surface area (Å²) in [6, 6.07) is 1.97. The maximum absolute atomic E-state index is 4.30. The molecule has 4 nitrogen and oxygen atoms in total. The van der Waals surface area contributed by atoms with Crippen molar-refractivity contribution < 1.29 is 0 Å². The Bertz CT molecular complexity index is 397. The molecule has 1 aromatic rings. The van der Waals surface area contributed by atoms with Gasteiger partial charge >= 0.3 is 0 Å². The van der Waals surface area contributed by atoms with Gasteiger partial charge in [0, 0.05) is 19.7 Å². The molecule has 1 heterocycles. The molecule has 1 aliphatic rings. The lowest BCUT2D eigenvalue weighted by Gasteiger charge is -2.31. The third-order valence-electron chi connectivity index (χ3n) is 4.07. The van der Waals surface area contributed by atoms with E-state index in [1.807, 2.05) is 13.1 Å². The maximum atomic E-state index is 4.30. The van der Waals surface area contributed by atoms with Gasteiger partial charge < -0.3 is 10.6 Å². The number of rotatable bonds is 6. The average molecular weight is 262 g/mol. The standard InChI is InChI=1S/C15H26N4/c1-12(2)9-15(6-4-5-7-15)10-17-14-8-13(16-3)18-11-19-14/h8,11-12H,4-7,9-10H2,1-3H3,(H2,16,17,18,19). The van der Waals surface area contributed by atoms with Gasteiger partial charge in [-0.25, -0.2) is 9.97 Å². The maximum Gasteiger partial charge on any atom is 0.131 e. The highest BCUT2D eigenvalue weighted by atomic mass is 15.1. The van der Waals surface area contributed by atoms with Crippen molar-refractivity contribution in [1.82, 2.24) is 9.97 Å². The first kappa shape index (κ1) is 14.1. The normalized spacial score (nSPS) is 17.7. The minimum Gasteiger partial charge on any atom is -0.373 e. The summed E-state index contributed by atoms with van der Waals surface area (Å²) >= 11 is 0. The fraction of sp³-hybridized carbons (Fsp3) is 0.733. The lowest BCUT2D eigenvalue weighted by atomic mass is 9.78. The van der Waals surface area contributed by atoms with Crippen LogP contribution < -0.4 is 10.6 Å².